The fraction of sp³-hybridized carbons (Fsp3) is 0.208. The van der Waals surface area contributed by atoms with Crippen molar-refractivity contribution in [3.8, 4) is 0 Å². The van der Waals surface area contributed by atoms with Gasteiger partial charge >= 0.3 is 0 Å². The molecule has 162 valence electrons. The van der Waals surface area contributed by atoms with Gasteiger partial charge in [-0.25, -0.2) is 8.42 Å². The van der Waals surface area contributed by atoms with E-state index in [0.717, 1.165) is 27.3 Å². The minimum absolute atomic E-state index is 0.222. The summed E-state index contributed by atoms with van der Waals surface area (Å²) in [5, 5.41) is 2.96. The van der Waals surface area contributed by atoms with Crippen LogP contribution in [-0.2, 0) is 10.0 Å². The van der Waals surface area contributed by atoms with Gasteiger partial charge in [-0.05, 0) is 86.7 Å². The predicted octanol–water partition coefficient (Wildman–Crippen LogP) is 5.41. The van der Waals surface area contributed by atoms with E-state index < -0.39 is 10.0 Å². The number of nitrogens with one attached hydrogen (secondary N) is 1. The maximum Gasteiger partial charge on any atom is 0.264 e. The number of rotatable bonds is 6. The number of anilines is 2. The van der Waals surface area contributed by atoms with Crippen molar-refractivity contribution in [1.82, 2.24) is 0 Å². The van der Waals surface area contributed by atoms with Crippen molar-refractivity contribution in [2.24, 2.45) is 0 Å². The first kappa shape index (κ1) is 22.9. The molecule has 0 heterocycles. The standard InChI is InChI=1S/C24H26N2O3S2/c1-16-14-17(2)23(18(3)15-16)25-24(27)19-6-8-20(9-7-19)26(4)31(28,29)22-12-10-21(30-5)11-13-22/h6-15H,1-5H3,(H,25,27). The normalized spacial score (nSPS) is 11.3. The van der Waals surface area contributed by atoms with E-state index in [-0.39, 0.29) is 10.8 Å². The smallest absolute Gasteiger partial charge is 0.264 e. The van der Waals surface area contributed by atoms with Crippen LogP contribution in [0.25, 0.3) is 0 Å². The van der Waals surface area contributed by atoms with Gasteiger partial charge in [0.05, 0.1) is 10.6 Å². The molecule has 31 heavy (non-hydrogen) atoms. The van der Waals surface area contributed by atoms with Crippen molar-refractivity contribution >= 4 is 39.1 Å². The van der Waals surface area contributed by atoms with Crippen LogP contribution in [0.2, 0.25) is 0 Å². The van der Waals surface area contributed by atoms with Gasteiger partial charge in [0.15, 0.2) is 0 Å². The van der Waals surface area contributed by atoms with Gasteiger partial charge in [0, 0.05) is 23.2 Å². The van der Waals surface area contributed by atoms with Crippen LogP contribution in [0.3, 0.4) is 0 Å². The summed E-state index contributed by atoms with van der Waals surface area (Å²) in [6.45, 7) is 5.94. The minimum Gasteiger partial charge on any atom is -0.322 e. The second-order valence-corrected chi connectivity index (χ2v) is 10.3. The largest absolute Gasteiger partial charge is 0.322 e. The Morgan fingerprint density at radius 1 is 0.903 bits per heavy atom. The van der Waals surface area contributed by atoms with E-state index in [1.165, 1.54) is 11.4 Å². The van der Waals surface area contributed by atoms with E-state index in [4.69, 9.17) is 0 Å². The van der Waals surface area contributed by atoms with Gasteiger partial charge in [-0.3, -0.25) is 9.10 Å². The van der Waals surface area contributed by atoms with E-state index in [0.29, 0.717) is 11.3 Å². The van der Waals surface area contributed by atoms with Crippen LogP contribution in [0.1, 0.15) is 27.0 Å². The molecule has 0 saturated carbocycles. The molecule has 0 saturated heterocycles. The zero-order valence-corrected chi connectivity index (χ0v) is 19.9. The number of hydrogen-bond acceptors (Lipinski definition) is 4. The summed E-state index contributed by atoms with van der Waals surface area (Å²) in [5.74, 6) is -0.236. The highest BCUT2D eigenvalue weighted by Gasteiger charge is 2.21. The van der Waals surface area contributed by atoms with Crippen molar-refractivity contribution in [2.75, 3.05) is 22.9 Å². The van der Waals surface area contributed by atoms with Crippen LogP contribution in [0.4, 0.5) is 11.4 Å². The third kappa shape index (κ3) is 4.94. The van der Waals surface area contributed by atoms with Crippen LogP contribution in [0.15, 0.2) is 70.5 Å². The van der Waals surface area contributed by atoms with E-state index in [2.05, 4.69) is 5.32 Å². The molecule has 0 aliphatic heterocycles. The molecule has 1 N–H and O–H groups in total. The van der Waals surface area contributed by atoms with Crippen molar-refractivity contribution in [3.05, 3.63) is 82.9 Å². The van der Waals surface area contributed by atoms with Gasteiger partial charge in [-0.15, -0.1) is 11.8 Å². The first-order chi connectivity index (χ1) is 14.6. The van der Waals surface area contributed by atoms with Gasteiger partial charge in [0.2, 0.25) is 0 Å². The second-order valence-electron chi connectivity index (χ2n) is 7.42. The van der Waals surface area contributed by atoms with Crippen molar-refractivity contribution in [3.63, 3.8) is 0 Å². The molecule has 0 unspecified atom stereocenters. The number of carbonyl (C=O) groups is 1. The Morgan fingerprint density at radius 3 is 1.97 bits per heavy atom. The summed E-state index contributed by atoms with van der Waals surface area (Å²) in [6, 6.07) is 17.4. The SMILES string of the molecule is CSc1ccc(S(=O)(=O)N(C)c2ccc(C(=O)Nc3c(C)cc(C)cc3C)cc2)cc1. The highest BCUT2D eigenvalue weighted by molar-refractivity contribution is 7.98. The van der Waals surface area contributed by atoms with Gasteiger partial charge in [-0.1, -0.05) is 17.7 Å². The highest BCUT2D eigenvalue weighted by Crippen LogP contribution is 2.26. The summed E-state index contributed by atoms with van der Waals surface area (Å²) < 4.78 is 27.1. The fourth-order valence-electron chi connectivity index (χ4n) is 3.43. The molecule has 0 aliphatic carbocycles. The Balaban J connectivity index is 1.79. The zero-order chi connectivity index (χ0) is 22.8. The molecule has 3 aromatic rings. The topological polar surface area (TPSA) is 66.5 Å². The molecular weight excluding hydrogens is 428 g/mol. The highest BCUT2D eigenvalue weighted by atomic mass is 32.2. The molecule has 0 aliphatic rings. The molecule has 0 atom stereocenters. The molecule has 3 aromatic carbocycles. The Morgan fingerprint density at radius 2 is 1.45 bits per heavy atom. The third-order valence-electron chi connectivity index (χ3n) is 5.13. The van der Waals surface area contributed by atoms with Crippen LogP contribution in [0.5, 0.6) is 0 Å². The number of thioether (sulfide) groups is 1. The predicted molar refractivity (Wildman–Crippen MR) is 129 cm³/mol. The lowest BCUT2D eigenvalue weighted by molar-refractivity contribution is 0.102. The lowest BCUT2D eigenvalue weighted by atomic mass is 10.0. The van der Waals surface area contributed by atoms with Crippen molar-refractivity contribution in [1.29, 1.82) is 0 Å². The quantitative estimate of drug-likeness (QED) is 0.506. The van der Waals surface area contributed by atoms with Crippen LogP contribution >= 0.6 is 11.8 Å². The molecule has 0 bridgehead atoms. The molecule has 0 radical (unpaired) electrons. The lowest BCUT2D eigenvalue weighted by Gasteiger charge is -2.20. The maximum atomic E-state index is 12.9. The van der Waals surface area contributed by atoms with Crippen molar-refractivity contribution < 1.29 is 13.2 Å². The molecule has 3 rings (SSSR count). The van der Waals surface area contributed by atoms with Crippen molar-refractivity contribution in [2.45, 2.75) is 30.6 Å². The minimum atomic E-state index is -3.69. The number of benzene rings is 3. The first-order valence-electron chi connectivity index (χ1n) is 9.75. The fourth-order valence-corrected chi connectivity index (χ4v) is 5.03. The molecule has 0 aromatic heterocycles. The average Bonchev–Trinajstić information content (AvgIpc) is 2.75. The average molecular weight is 455 g/mol. The molecule has 0 spiro atoms. The summed E-state index contributed by atoms with van der Waals surface area (Å²) in [6.07, 6.45) is 1.94. The summed E-state index contributed by atoms with van der Waals surface area (Å²) >= 11 is 1.55. The van der Waals surface area contributed by atoms with E-state index in [1.807, 2.05) is 39.2 Å². The Hall–Kier alpha value is -2.77. The molecule has 0 fully saturated rings. The van der Waals surface area contributed by atoms with Gasteiger partial charge < -0.3 is 5.32 Å². The summed E-state index contributed by atoms with van der Waals surface area (Å²) in [7, 11) is -2.18. The van der Waals surface area contributed by atoms with Crippen LogP contribution in [0, 0.1) is 20.8 Å². The van der Waals surface area contributed by atoms with E-state index in [9.17, 15) is 13.2 Å². The Bertz CT molecular complexity index is 1180. The summed E-state index contributed by atoms with van der Waals surface area (Å²) in [4.78, 5) is 13.9. The zero-order valence-electron chi connectivity index (χ0n) is 18.3. The van der Waals surface area contributed by atoms with E-state index >= 15 is 0 Å². The number of carbonyl (C=O) groups excluding carboxylic acids is 1. The van der Waals surface area contributed by atoms with Gasteiger partial charge in [0.25, 0.3) is 15.9 Å². The monoisotopic (exact) mass is 454 g/mol. The Labute approximate surface area is 188 Å². The number of amides is 1. The number of sulfonamides is 1. The molecule has 5 nitrogen and oxygen atoms in total. The number of aryl methyl sites for hydroxylation is 3. The summed E-state index contributed by atoms with van der Waals surface area (Å²) in [5.41, 5.74) is 4.88. The van der Waals surface area contributed by atoms with Crippen LogP contribution in [-0.4, -0.2) is 27.6 Å². The second kappa shape index (κ2) is 9.16. The van der Waals surface area contributed by atoms with Gasteiger partial charge in [-0.2, -0.15) is 0 Å². The lowest BCUT2D eigenvalue weighted by Crippen LogP contribution is -2.26. The third-order valence-corrected chi connectivity index (χ3v) is 7.67. The number of hydrogen-bond donors (Lipinski definition) is 1. The van der Waals surface area contributed by atoms with Crippen LogP contribution < -0.4 is 9.62 Å². The Kier molecular flexibility index (Phi) is 6.77. The maximum absolute atomic E-state index is 12.9. The first-order valence-corrected chi connectivity index (χ1v) is 12.4. The molecule has 1 amide bonds. The molecule has 7 heteroatoms. The van der Waals surface area contributed by atoms with E-state index in [1.54, 1.807) is 60.3 Å². The number of nitrogens with zero attached hydrogens (tertiary/aromatic N) is 1. The molecular formula is C24H26N2O3S2. The van der Waals surface area contributed by atoms with Gasteiger partial charge in [0.1, 0.15) is 0 Å².